The van der Waals surface area contributed by atoms with Gasteiger partial charge in [0.05, 0.1) is 52.7 Å². The molecule has 1 amide bonds. The molecular weight excluding hydrogens is 1100 g/mol. The number of phenols is 1. The first-order chi connectivity index (χ1) is 34.6. The van der Waals surface area contributed by atoms with Crippen molar-refractivity contribution >= 4 is 130 Å². The van der Waals surface area contributed by atoms with E-state index in [4.69, 9.17) is 37.1 Å². The second-order valence-electron chi connectivity index (χ2n) is 14.0. The first kappa shape index (κ1) is 55.9. The second kappa shape index (κ2) is 24.1. The molecule has 36 heteroatoms. The number of nitrogens with one attached hydrogen (secondary N) is 1. The molecule has 0 aliphatic heterocycles. The third kappa shape index (κ3) is 13.6. The number of hydrogen-bond acceptors (Lipinski definition) is 28. The van der Waals surface area contributed by atoms with Crippen molar-refractivity contribution in [2.75, 3.05) is 29.6 Å². The summed E-state index contributed by atoms with van der Waals surface area (Å²) < 4.78 is 97.0. The monoisotopic (exact) mass is 1130 g/mol. The molecule has 0 fully saturated rings. The molecule has 0 aliphatic carbocycles. The Morgan fingerprint density at radius 1 is 0.904 bits per heavy atom. The van der Waals surface area contributed by atoms with Crippen molar-refractivity contribution in [1.29, 1.82) is 0 Å². The van der Waals surface area contributed by atoms with Crippen LogP contribution < -0.4 is 21.5 Å². The molecule has 0 bridgehead atoms. The fourth-order valence-electron chi connectivity index (χ4n) is 6.24. The normalized spacial score (nSPS) is 12.5. The van der Waals surface area contributed by atoms with Crippen LogP contribution in [0, 0.1) is 6.92 Å². The largest absolute Gasteiger partial charge is 0.505 e. The average Bonchev–Trinajstić information content (AvgIpc) is 3.32. The molecule has 2 aromatic heterocycles. The molecule has 388 valence electrons. The highest BCUT2D eigenvalue weighted by atomic mass is 35.5. The number of fused-ring (bicyclic) bond motifs is 1. The number of hydrogen-bond donors (Lipinski definition) is 8. The Bertz CT molecular complexity index is 3470. The minimum atomic E-state index is -5.33. The van der Waals surface area contributed by atoms with Crippen LogP contribution in [0.3, 0.4) is 0 Å². The number of phenolic OH excluding ortho intramolecular Hbond substituents is 1. The van der Waals surface area contributed by atoms with E-state index < -0.39 is 92.3 Å². The number of carbonyl (C=O) groups excluding carboxylic acids is 1. The maximum Gasteiger partial charge on any atom is 0.296 e. The predicted molar refractivity (Wildman–Crippen MR) is 255 cm³/mol. The van der Waals surface area contributed by atoms with Crippen LogP contribution in [0.15, 0.2) is 105 Å². The third-order valence-electron chi connectivity index (χ3n) is 9.53. The van der Waals surface area contributed by atoms with Gasteiger partial charge in [0.15, 0.2) is 16.8 Å². The number of anilines is 4. The number of halogens is 1. The summed E-state index contributed by atoms with van der Waals surface area (Å²) in [5.41, 5.74) is 1.81. The van der Waals surface area contributed by atoms with E-state index in [0.717, 1.165) is 12.0 Å². The molecule has 0 saturated carbocycles. The quantitative estimate of drug-likeness (QED) is 0.00800. The lowest BCUT2D eigenvalue weighted by Crippen LogP contribution is -2.30. The average molecular weight is 1130 g/mol. The van der Waals surface area contributed by atoms with Gasteiger partial charge in [0, 0.05) is 35.1 Å². The van der Waals surface area contributed by atoms with Gasteiger partial charge >= 0.3 is 0 Å². The zero-order valence-corrected chi connectivity index (χ0v) is 41.7. The van der Waals surface area contributed by atoms with Crippen LogP contribution in [0.4, 0.5) is 46.0 Å². The van der Waals surface area contributed by atoms with Crippen molar-refractivity contribution in [1.82, 2.24) is 19.5 Å². The van der Waals surface area contributed by atoms with Crippen LogP contribution >= 0.6 is 35.7 Å². The Kier molecular flexibility index (Phi) is 18.5. The van der Waals surface area contributed by atoms with Crippen molar-refractivity contribution in [3.63, 3.8) is 0 Å². The Hall–Kier alpha value is -6.39. The predicted octanol–water partition coefficient (Wildman–Crippen LogP) is 6.98. The van der Waals surface area contributed by atoms with Gasteiger partial charge in [0.2, 0.25) is 23.1 Å². The Balaban J connectivity index is 1.29. The maximum absolute atomic E-state index is 12.8. The minimum absolute atomic E-state index is 0.0892. The lowest BCUT2D eigenvalue weighted by Gasteiger charge is -2.19. The molecule has 0 saturated heterocycles. The molecule has 6 aromatic rings. The van der Waals surface area contributed by atoms with Crippen molar-refractivity contribution in [2.45, 2.75) is 40.0 Å². The summed E-state index contributed by atoms with van der Waals surface area (Å²) in [4.78, 5) is 41.8. The fraction of sp³-hybridized carbons (Fsp3) is 0.162. The third-order valence-corrected chi connectivity index (χ3v) is 13.4. The summed E-state index contributed by atoms with van der Waals surface area (Å²) >= 11 is 5.58. The summed E-state index contributed by atoms with van der Waals surface area (Å²) in [6.07, 6.45) is 0. The molecule has 9 N–H and O–H groups in total. The number of pyridine rings is 1. The standard InChI is InChI=1S/C37H34ClN11O19S5/c1-4-49-33(52)28(32(39)51)17(2)29(34(49)53)46-45-24-16-26(72(57,58)59)23(15-27(24)73(60,61)62)40-36-41-35(38)42-37(43-36)48(3)20-7-10-22-18(13-20)14-25(70-67-64-54)30(31(22)50)47-44-19-5-8-21(9-6-19)69-66-63-11-12-71(56)68-65-55/h5-10,13-16,50,53-55H,4,11-12H2,1-3H3,(H2,39,51)(H,57,58,59)(H,60,61,62)(H,40,41,42,43). The summed E-state index contributed by atoms with van der Waals surface area (Å²) in [6, 6.07) is 13.4. The first-order valence-corrected chi connectivity index (χ1v) is 25.6. The fourth-order valence-corrected chi connectivity index (χ4v) is 8.95. The van der Waals surface area contributed by atoms with E-state index in [1.54, 1.807) is 30.3 Å². The summed E-state index contributed by atoms with van der Waals surface area (Å²) in [7, 11) is -9.18. The van der Waals surface area contributed by atoms with Crippen molar-refractivity contribution < 1.29 is 83.6 Å². The number of rotatable bonds is 23. The van der Waals surface area contributed by atoms with Gasteiger partial charge in [-0.25, -0.2) is 19.6 Å². The van der Waals surface area contributed by atoms with Crippen LogP contribution in [0.2, 0.25) is 5.28 Å². The Morgan fingerprint density at radius 2 is 1.60 bits per heavy atom. The number of aromatic nitrogens is 4. The van der Waals surface area contributed by atoms with Crippen LogP contribution in [0.5, 0.6) is 11.6 Å². The van der Waals surface area contributed by atoms with Gasteiger partial charge < -0.3 is 26.2 Å². The first-order valence-electron chi connectivity index (χ1n) is 19.6. The number of amides is 1. The van der Waals surface area contributed by atoms with Crippen molar-refractivity contribution in [2.24, 2.45) is 26.2 Å². The molecule has 4 aromatic carbocycles. The number of carbonyl (C=O) groups is 1. The number of benzene rings is 4. The summed E-state index contributed by atoms with van der Waals surface area (Å²) in [5, 5.41) is 64.6. The lowest BCUT2D eigenvalue weighted by molar-refractivity contribution is -0.435. The van der Waals surface area contributed by atoms with Gasteiger partial charge in [-0.2, -0.15) is 41.2 Å². The highest BCUT2D eigenvalue weighted by Crippen LogP contribution is 2.45. The van der Waals surface area contributed by atoms with Crippen LogP contribution in [0.1, 0.15) is 22.8 Å². The van der Waals surface area contributed by atoms with Gasteiger partial charge in [0.1, 0.15) is 32.4 Å². The molecule has 1 unspecified atom stereocenters. The molecular formula is C37H34ClN11O19S5. The number of primary amides is 1. The smallest absolute Gasteiger partial charge is 0.296 e. The number of azo groups is 2. The molecule has 73 heavy (non-hydrogen) atoms. The zero-order chi connectivity index (χ0) is 53.4. The molecule has 30 nitrogen and oxygen atoms in total. The summed E-state index contributed by atoms with van der Waals surface area (Å²) in [5.74, 6) is -3.34. The SMILES string of the molecule is CCn1c(O)c(N=Nc2cc(S(=O)(=O)O)c(Nc3nc(Cl)nc(N(C)c4ccc5c(O)c(N=Nc6ccc(SOOCCS(=O)OOO)cc6)c(SOOO)cc5c4)n3)cc2S(=O)(=O)O)c(C)c(C(N)=O)c1=O. The molecule has 0 radical (unpaired) electrons. The van der Waals surface area contributed by atoms with Gasteiger partial charge in [-0.3, -0.25) is 23.3 Å². The van der Waals surface area contributed by atoms with Gasteiger partial charge in [-0.1, -0.05) is 10.1 Å². The molecule has 0 spiro atoms. The van der Waals surface area contributed by atoms with E-state index in [1.807, 2.05) is 0 Å². The van der Waals surface area contributed by atoms with E-state index in [2.05, 4.69) is 59.5 Å². The van der Waals surface area contributed by atoms with E-state index in [0.29, 0.717) is 50.4 Å². The zero-order valence-electron chi connectivity index (χ0n) is 36.9. The van der Waals surface area contributed by atoms with E-state index >= 15 is 0 Å². The molecule has 2 heterocycles. The number of nitrogens with two attached hydrogens (primary N) is 1. The van der Waals surface area contributed by atoms with E-state index in [1.165, 1.54) is 44.0 Å². The Morgan fingerprint density at radius 3 is 2.25 bits per heavy atom. The lowest BCUT2D eigenvalue weighted by atomic mass is 10.1. The van der Waals surface area contributed by atoms with E-state index in [9.17, 15) is 50.0 Å². The van der Waals surface area contributed by atoms with Crippen LogP contribution in [0.25, 0.3) is 10.8 Å². The highest BCUT2D eigenvalue weighted by molar-refractivity contribution is 7.95. The number of aromatic hydroxyl groups is 2. The summed E-state index contributed by atoms with van der Waals surface area (Å²) in [6.45, 7) is 2.26. The van der Waals surface area contributed by atoms with Gasteiger partial charge in [-0.05, 0) is 91.5 Å². The molecule has 6 rings (SSSR count). The van der Waals surface area contributed by atoms with Gasteiger partial charge in [0.25, 0.3) is 31.7 Å². The number of nitrogens with zero attached hydrogens (tertiary/aromatic N) is 9. The second-order valence-corrected chi connectivity index (χ2v) is 19.8. The topological polar surface area (TPSA) is 431 Å². The van der Waals surface area contributed by atoms with E-state index in [-0.39, 0.29) is 52.1 Å². The highest BCUT2D eigenvalue weighted by Gasteiger charge is 2.27. The Labute approximate surface area is 425 Å². The molecule has 1 atom stereocenters. The molecule has 0 aliphatic rings. The van der Waals surface area contributed by atoms with Crippen LogP contribution in [-0.4, -0.2) is 95.7 Å². The van der Waals surface area contributed by atoms with Crippen molar-refractivity contribution in [3.05, 3.63) is 87.4 Å². The van der Waals surface area contributed by atoms with Gasteiger partial charge in [-0.15, -0.1) is 24.0 Å². The maximum atomic E-state index is 12.8. The van der Waals surface area contributed by atoms with Crippen LogP contribution in [-0.2, 0) is 65.8 Å². The van der Waals surface area contributed by atoms with Crippen molar-refractivity contribution in [3.8, 4) is 11.6 Å². The minimum Gasteiger partial charge on any atom is -0.505 e.